The summed E-state index contributed by atoms with van der Waals surface area (Å²) >= 11 is 0. The molecule has 1 aromatic heterocycles. The van der Waals surface area contributed by atoms with Crippen molar-refractivity contribution >= 4 is 24.7 Å². The quantitative estimate of drug-likeness (QED) is 0.239. The Balaban J connectivity index is 1.09. The largest absolute Gasteiger partial charge is 0.493 e. The summed E-state index contributed by atoms with van der Waals surface area (Å²) in [5, 5.41) is 12.8. The van der Waals surface area contributed by atoms with E-state index in [0.29, 0.717) is 35.3 Å². The van der Waals surface area contributed by atoms with Gasteiger partial charge in [-0.3, -0.25) is 9.78 Å². The number of aromatic nitrogens is 1. The third kappa shape index (κ3) is 5.97. The molecular formula is C35H38BN3O4. The first kappa shape index (κ1) is 29.2. The molecule has 7 nitrogen and oxygen atoms in total. The molecular weight excluding hydrogens is 537 g/mol. The van der Waals surface area contributed by atoms with Crippen LogP contribution in [0.2, 0.25) is 0 Å². The molecule has 1 N–H and O–H groups in total. The first-order valence-corrected chi connectivity index (χ1v) is 15.2. The first-order valence-electron chi connectivity index (χ1n) is 15.2. The van der Waals surface area contributed by atoms with Crippen molar-refractivity contribution in [2.45, 2.75) is 64.1 Å². The minimum absolute atomic E-state index is 0.0494. The Kier molecular flexibility index (Phi) is 8.13. The lowest BCUT2D eigenvalue weighted by Crippen LogP contribution is -2.65. The van der Waals surface area contributed by atoms with Crippen LogP contribution in [-0.2, 0) is 20.5 Å². The van der Waals surface area contributed by atoms with Gasteiger partial charge in [0.25, 0.3) is 0 Å². The van der Waals surface area contributed by atoms with Gasteiger partial charge in [-0.15, -0.1) is 0 Å². The zero-order valence-corrected chi connectivity index (χ0v) is 25.0. The third-order valence-corrected chi connectivity index (χ3v) is 9.77. The van der Waals surface area contributed by atoms with Crippen molar-refractivity contribution in [3.8, 4) is 11.8 Å². The number of nitrogens with one attached hydrogen (secondary N) is 1. The highest BCUT2D eigenvalue weighted by Gasteiger charge is 2.68. The van der Waals surface area contributed by atoms with E-state index in [2.05, 4.69) is 49.3 Å². The molecule has 4 aliphatic rings. The summed E-state index contributed by atoms with van der Waals surface area (Å²) in [5.74, 6) is 1.31. The Morgan fingerprint density at radius 2 is 1.95 bits per heavy atom. The van der Waals surface area contributed by atoms with Gasteiger partial charge in [-0.1, -0.05) is 62.4 Å². The predicted octanol–water partition coefficient (Wildman–Crippen LogP) is 5.91. The van der Waals surface area contributed by atoms with E-state index in [0.717, 1.165) is 17.5 Å². The highest BCUT2D eigenvalue weighted by molar-refractivity contribution is 6.48. The van der Waals surface area contributed by atoms with E-state index in [-0.39, 0.29) is 42.0 Å². The highest BCUT2D eigenvalue weighted by Crippen LogP contribution is 2.65. The molecule has 3 saturated carbocycles. The van der Waals surface area contributed by atoms with Crippen molar-refractivity contribution in [3.63, 3.8) is 0 Å². The van der Waals surface area contributed by atoms with Gasteiger partial charge >= 0.3 is 7.12 Å². The van der Waals surface area contributed by atoms with Crippen molar-refractivity contribution in [1.82, 2.24) is 10.3 Å². The third-order valence-electron chi connectivity index (χ3n) is 9.77. The number of rotatable bonds is 10. The maximum Gasteiger partial charge on any atom is 0.482 e. The number of ether oxygens (including phenoxy) is 1. The van der Waals surface area contributed by atoms with Crippen molar-refractivity contribution in [2.24, 2.45) is 17.3 Å². The van der Waals surface area contributed by atoms with Crippen LogP contribution in [-0.4, -0.2) is 42.3 Å². The SMILES string of the molecule is CC1(C)[C@@H]2C[C@H]3OB([C@H](Cc4ccccc4)NC(=O)CCOc4cccc(C=C(C#N)c5ccccn5)c4)O[C@@]3(C)[C@H]1C2. The lowest BCUT2D eigenvalue weighted by atomic mass is 9.43. The second-order valence-electron chi connectivity index (χ2n) is 12.8. The normalized spacial score (nSPS) is 26.0. The van der Waals surface area contributed by atoms with Crippen LogP contribution in [0.3, 0.4) is 0 Å². The Hall–Kier alpha value is -3.93. The van der Waals surface area contributed by atoms with Gasteiger partial charge in [0.05, 0.1) is 41.9 Å². The van der Waals surface area contributed by atoms with E-state index in [1.807, 2.05) is 54.6 Å². The molecule has 220 valence electrons. The van der Waals surface area contributed by atoms with Crippen LogP contribution in [0.4, 0.5) is 0 Å². The summed E-state index contributed by atoms with van der Waals surface area (Å²) in [6, 6.07) is 25.3. The molecule has 0 spiro atoms. The molecule has 1 aliphatic heterocycles. The molecule has 5 atom stereocenters. The number of pyridine rings is 1. The standard InChI is InChI=1S/C35H38BN3O4/c1-34(2)27-21-30(34)35(3)31(22-27)42-36(43-35)32(20-24-10-5-4-6-11-24)39-33(40)15-17-41-28-13-9-12-25(19-28)18-26(23-37)29-14-7-8-16-38-29/h4-14,16,18-19,27,30-32H,15,17,20-22H2,1-3H3,(H,39,40)/t27-,30-,31+,32-,35-/m0/s1. The summed E-state index contributed by atoms with van der Waals surface area (Å²) in [4.78, 5) is 17.5. The fourth-order valence-corrected chi connectivity index (χ4v) is 7.24. The van der Waals surface area contributed by atoms with Crippen LogP contribution < -0.4 is 10.1 Å². The van der Waals surface area contributed by atoms with Gasteiger partial charge in [-0.05, 0) is 84.9 Å². The van der Waals surface area contributed by atoms with Gasteiger partial charge in [0.15, 0.2) is 0 Å². The van der Waals surface area contributed by atoms with Gasteiger partial charge in [0, 0.05) is 6.20 Å². The molecule has 3 aromatic rings. The summed E-state index contributed by atoms with van der Waals surface area (Å²) in [6.45, 7) is 7.12. The van der Waals surface area contributed by atoms with Gasteiger partial charge in [-0.2, -0.15) is 5.26 Å². The lowest BCUT2D eigenvalue weighted by Gasteiger charge is -2.64. The number of carbonyl (C=O) groups excluding carboxylic acids is 1. The number of carbonyl (C=O) groups is 1. The minimum Gasteiger partial charge on any atom is -0.493 e. The smallest absolute Gasteiger partial charge is 0.482 e. The minimum atomic E-state index is -0.507. The van der Waals surface area contributed by atoms with Crippen LogP contribution in [0.25, 0.3) is 11.6 Å². The lowest BCUT2D eigenvalue weighted by molar-refractivity contribution is -0.199. The van der Waals surface area contributed by atoms with Crippen molar-refractivity contribution in [2.75, 3.05) is 6.61 Å². The number of hydrogen-bond acceptors (Lipinski definition) is 6. The number of allylic oxidation sites excluding steroid dienone is 1. The Morgan fingerprint density at radius 3 is 2.70 bits per heavy atom. The van der Waals surface area contributed by atoms with Crippen LogP contribution in [0, 0.1) is 28.6 Å². The fraction of sp³-hybridized carbons (Fsp3) is 0.400. The summed E-state index contributed by atoms with van der Waals surface area (Å²) in [5.41, 5.74) is 2.93. The average Bonchev–Trinajstić information content (AvgIpc) is 3.38. The van der Waals surface area contributed by atoms with E-state index < -0.39 is 7.12 Å². The fourth-order valence-electron chi connectivity index (χ4n) is 7.24. The Bertz CT molecular complexity index is 1520. The van der Waals surface area contributed by atoms with Crippen LogP contribution >= 0.6 is 0 Å². The number of nitrogens with zero attached hydrogens (tertiary/aromatic N) is 2. The molecule has 1 amide bonds. The van der Waals surface area contributed by atoms with Gasteiger partial charge in [-0.25, -0.2) is 0 Å². The topological polar surface area (TPSA) is 93.5 Å². The predicted molar refractivity (Wildman–Crippen MR) is 166 cm³/mol. The van der Waals surface area contributed by atoms with E-state index in [1.165, 1.54) is 6.42 Å². The second kappa shape index (κ2) is 12.0. The van der Waals surface area contributed by atoms with Crippen LogP contribution in [0.1, 0.15) is 56.9 Å². The monoisotopic (exact) mass is 575 g/mol. The van der Waals surface area contributed by atoms with Crippen molar-refractivity contribution in [1.29, 1.82) is 5.26 Å². The van der Waals surface area contributed by atoms with E-state index >= 15 is 0 Å². The molecule has 2 bridgehead atoms. The summed E-state index contributed by atoms with van der Waals surface area (Å²) < 4.78 is 19.2. The first-order chi connectivity index (χ1) is 20.8. The molecule has 2 aromatic carbocycles. The van der Waals surface area contributed by atoms with E-state index in [9.17, 15) is 10.1 Å². The molecule has 0 radical (unpaired) electrons. The number of benzene rings is 2. The van der Waals surface area contributed by atoms with Crippen molar-refractivity contribution < 1.29 is 18.8 Å². The molecule has 8 heteroatoms. The number of hydrogen-bond donors (Lipinski definition) is 1. The van der Waals surface area contributed by atoms with Gasteiger partial charge in [0.2, 0.25) is 5.91 Å². The molecule has 4 fully saturated rings. The van der Waals surface area contributed by atoms with Crippen LogP contribution in [0.15, 0.2) is 79.0 Å². The number of nitriles is 1. The van der Waals surface area contributed by atoms with Crippen LogP contribution in [0.5, 0.6) is 5.75 Å². The average molecular weight is 576 g/mol. The molecule has 0 unspecified atom stereocenters. The van der Waals surface area contributed by atoms with E-state index in [1.54, 1.807) is 18.3 Å². The van der Waals surface area contributed by atoms with E-state index in [4.69, 9.17) is 14.0 Å². The number of amides is 1. The summed E-state index contributed by atoms with van der Waals surface area (Å²) in [6.07, 6.45) is 6.48. The summed E-state index contributed by atoms with van der Waals surface area (Å²) in [7, 11) is -0.507. The van der Waals surface area contributed by atoms with Gasteiger partial charge in [0.1, 0.15) is 11.8 Å². The molecule has 1 saturated heterocycles. The highest BCUT2D eigenvalue weighted by atomic mass is 16.7. The molecule has 3 aliphatic carbocycles. The molecule has 43 heavy (non-hydrogen) atoms. The maximum atomic E-state index is 13.2. The molecule has 2 heterocycles. The van der Waals surface area contributed by atoms with Gasteiger partial charge < -0.3 is 19.4 Å². The zero-order valence-electron chi connectivity index (χ0n) is 25.0. The molecule has 7 rings (SSSR count). The van der Waals surface area contributed by atoms with Crippen molar-refractivity contribution in [3.05, 3.63) is 95.8 Å². The Labute approximate surface area is 254 Å². The second-order valence-corrected chi connectivity index (χ2v) is 12.8. The maximum absolute atomic E-state index is 13.2. The zero-order chi connectivity index (χ0) is 30.0. The Morgan fingerprint density at radius 1 is 1.14 bits per heavy atom.